The SMILES string of the molecule is CCCCOCCOCCNC(=NCCCc1nc(C(C)C)no1)NCC.I. The topological polar surface area (TPSA) is 93.8 Å². The van der Waals surface area contributed by atoms with E-state index in [9.17, 15) is 0 Å². The molecule has 2 N–H and O–H groups in total. The average molecular weight is 511 g/mol. The molecule has 0 aliphatic rings. The highest BCUT2D eigenvalue weighted by Gasteiger charge is 2.08. The van der Waals surface area contributed by atoms with E-state index >= 15 is 0 Å². The van der Waals surface area contributed by atoms with E-state index in [1.165, 1.54) is 0 Å². The number of rotatable bonds is 15. The molecule has 0 atom stereocenters. The molecule has 8 nitrogen and oxygen atoms in total. The maximum absolute atomic E-state index is 5.55. The first-order valence-electron chi connectivity index (χ1n) is 10.2. The van der Waals surface area contributed by atoms with Crippen LogP contribution in [-0.4, -0.2) is 62.2 Å². The molecule has 0 spiro atoms. The first kappa shape index (κ1) is 27.1. The smallest absolute Gasteiger partial charge is 0.226 e. The van der Waals surface area contributed by atoms with Crippen molar-refractivity contribution < 1.29 is 14.0 Å². The number of halogens is 1. The first-order valence-corrected chi connectivity index (χ1v) is 10.2. The van der Waals surface area contributed by atoms with Crippen molar-refractivity contribution in [3.63, 3.8) is 0 Å². The maximum atomic E-state index is 5.55. The van der Waals surface area contributed by atoms with Gasteiger partial charge in [0, 0.05) is 38.6 Å². The van der Waals surface area contributed by atoms with Crippen LogP contribution in [0.3, 0.4) is 0 Å². The van der Waals surface area contributed by atoms with E-state index in [0.717, 1.165) is 50.6 Å². The van der Waals surface area contributed by atoms with Crippen LogP contribution in [0, 0.1) is 0 Å². The van der Waals surface area contributed by atoms with Gasteiger partial charge in [-0.3, -0.25) is 4.99 Å². The Bertz CT molecular complexity index is 512. The Hall–Kier alpha value is -0.940. The van der Waals surface area contributed by atoms with Gasteiger partial charge in [0.15, 0.2) is 11.8 Å². The summed E-state index contributed by atoms with van der Waals surface area (Å²) in [5.41, 5.74) is 0. The third-order valence-corrected chi connectivity index (χ3v) is 3.72. The number of ether oxygens (including phenoxy) is 2. The summed E-state index contributed by atoms with van der Waals surface area (Å²) in [5.74, 6) is 2.53. The van der Waals surface area contributed by atoms with Gasteiger partial charge < -0.3 is 24.6 Å². The zero-order chi connectivity index (χ0) is 19.7. The summed E-state index contributed by atoms with van der Waals surface area (Å²) in [6, 6.07) is 0. The van der Waals surface area contributed by atoms with E-state index in [-0.39, 0.29) is 29.9 Å². The number of guanidine groups is 1. The second-order valence-electron chi connectivity index (χ2n) is 6.57. The molecule has 1 aromatic rings. The molecule has 0 saturated heterocycles. The van der Waals surface area contributed by atoms with E-state index < -0.39 is 0 Å². The fourth-order valence-electron chi connectivity index (χ4n) is 2.18. The Labute approximate surface area is 186 Å². The van der Waals surface area contributed by atoms with Crippen molar-refractivity contribution in [2.75, 3.05) is 46.1 Å². The molecule has 0 aliphatic heterocycles. The van der Waals surface area contributed by atoms with Gasteiger partial charge in [-0.2, -0.15) is 4.98 Å². The molecule has 28 heavy (non-hydrogen) atoms. The minimum absolute atomic E-state index is 0. The quantitative estimate of drug-likeness (QED) is 0.162. The lowest BCUT2D eigenvalue weighted by atomic mass is 10.2. The summed E-state index contributed by atoms with van der Waals surface area (Å²) >= 11 is 0. The molecule has 0 saturated carbocycles. The van der Waals surface area contributed by atoms with Gasteiger partial charge in [0.1, 0.15) is 0 Å². The lowest BCUT2D eigenvalue weighted by Gasteiger charge is -2.11. The molecule has 1 aromatic heterocycles. The van der Waals surface area contributed by atoms with Crippen LogP contribution in [-0.2, 0) is 15.9 Å². The maximum Gasteiger partial charge on any atom is 0.226 e. The Kier molecular flexibility index (Phi) is 17.5. The van der Waals surface area contributed by atoms with Gasteiger partial charge in [-0.1, -0.05) is 32.3 Å². The highest BCUT2D eigenvalue weighted by molar-refractivity contribution is 14.0. The van der Waals surface area contributed by atoms with Gasteiger partial charge in [0.2, 0.25) is 5.89 Å². The Balaban J connectivity index is 0.00000729. The monoisotopic (exact) mass is 511 g/mol. The Morgan fingerprint density at radius 1 is 1.07 bits per heavy atom. The summed E-state index contributed by atoms with van der Waals surface area (Å²) in [6.07, 6.45) is 3.87. The first-order chi connectivity index (χ1) is 13.2. The minimum atomic E-state index is 0. The summed E-state index contributed by atoms with van der Waals surface area (Å²) in [6.45, 7) is 13.3. The zero-order valence-electron chi connectivity index (χ0n) is 17.8. The second kappa shape index (κ2) is 18.1. The van der Waals surface area contributed by atoms with Gasteiger partial charge in [0.05, 0.1) is 19.8 Å². The fourth-order valence-corrected chi connectivity index (χ4v) is 2.18. The van der Waals surface area contributed by atoms with E-state index in [2.05, 4.69) is 46.5 Å². The van der Waals surface area contributed by atoms with Gasteiger partial charge in [0.25, 0.3) is 0 Å². The largest absolute Gasteiger partial charge is 0.379 e. The lowest BCUT2D eigenvalue weighted by molar-refractivity contribution is 0.0487. The van der Waals surface area contributed by atoms with Gasteiger partial charge in [-0.25, -0.2) is 0 Å². The third-order valence-electron chi connectivity index (χ3n) is 3.72. The van der Waals surface area contributed by atoms with Gasteiger partial charge >= 0.3 is 0 Å². The normalized spacial score (nSPS) is 11.5. The molecule has 0 unspecified atom stereocenters. The number of hydrogen-bond acceptors (Lipinski definition) is 6. The molecule has 0 fully saturated rings. The molecular weight excluding hydrogens is 473 g/mol. The molecule has 0 bridgehead atoms. The van der Waals surface area contributed by atoms with Crippen molar-refractivity contribution in [2.24, 2.45) is 4.99 Å². The van der Waals surface area contributed by atoms with Gasteiger partial charge in [-0.15, -0.1) is 24.0 Å². The van der Waals surface area contributed by atoms with Crippen LogP contribution in [0.4, 0.5) is 0 Å². The molecular formula is C19H38IN5O3. The summed E-state index contributed by atoms with van der Waals surface area (Å²) in [7, 11) is 0. The average Bonchev–Trinajstić information content (AvgIpc) is 3.13. The van der Waals surface area contributed by atoms with Gasteiger partial charge in [-0.05, 0) is 19.8 Å². The van der Waals surface area contributed by atoms with Crippen molar-refractivity contribution in [3.8, 4) is 0 Å². The molecule has 164 valence electrons. The van der Waals surface area contributed by atoms with Crippen LogP contribution in [0.5, 0.6) is 0 Å². The molecule has 1 rings (SSSR count). The zero-order valence-corrected chi connectivity index (χ0v) is 20.2. The van der Waals surface area contributed by atoms with Crippen LogP contribution in [0.2, 0.25) is 0 Å². The van der Waals surface area contributed by atoms with Crippen LogP contribution in [0.1, 0.15) is 64.6 Å². The summed E-state index contributed by atoms with van der Waals surface area (Å²) in [5, 5.41) is 10.5. The van der Waals surface area contributed by atoms with Crippen molar-refractivity contribution in [1.29, 1.82) is 0 Å². The van der Waals surface area contributed by atoms with E-state index in [1.807, 2.05) is 6.92 Å². The highest BCUT2D eigenvalue weighted by Crippen LogP contribution is 2.10. The van der Waals surface area contributed by atoms with Crippen LogP contribution in [0.25, 0.3) is 0 Å². The van der Waals surface area contributed by atoms with E-state index in [0.29, 0.717) is 38.8 Å². The molecule has 9 heteroatoms. The highest BCUT2D eigenvalue weighted by atomic mass is 127. The number of hydrogen-bond donors (Lipinski definition) is 2. The minimum Gasteiger partial charge on any atom is -0.379 e. The van der Waals surface area contributed by atoms with Crippen molar-refractivity contribution in [2.45, 2.75) is 59.3 Å². The van der Waals surface area contributed by atoms with Crippen LogP contribution >= 0.6 is 24.0 Å². The molecule has 1 heterocycles. The number of aryl methyl sites for hydroxylation is 1. The number of nitrogens with zero attached hydrogens (tertiary/aromatic N) is 3. The summed E-state index contributed by atoms with van der Waals surface area (Å²) in [4.78, 5) is 8.94. The fraction of sp³-hybridized carbons (Fsp3) is 0.842. The Morgan fingerprint density at radius 2 is 1.82 bits per heavy atom. The molecule has 0 radical (unpaired) electrons. The van der Waals surface area contributed by atoms with Crippen molar-refractivity contribution in [1.82, 2.24) is 20.8 Å². The third kappa shape index (κ3) is 13.3. The van der Waals surface area contributed by atoms with E-state index in [4.69, 9.17) is 14.0 Å². The van der Waals surface area contributed by atoms with E-state index in [1.54, 1.807) is 0 Å². The Morgan fingerprint density at radius 3 is 2.46 bits per heavy atom. The lowest BCUT2D eigenvalue weighted by Crippen LogP contribution is -2.39. The number of aromatic nitrogens is 2. The van der Waals surface area contributed by atoms with Crippen LogP contribution < -0.4 is 10.6 Å². The number of nitrogens with one attached hydrogen (secondary N) is 2. The summed E-state index contributed by atoms with van der Waals surface area (Å²) < 4.78 is 16.3. The predicted molar refractivity (Wildman–Crippen MR) is 123 cm³/mol. The molecule has 0 aliphatic carbocycles. The van der Waals surface area contributed by atoms with Crippen LogP contribution in [0.15, 0.2) is 9.52 Å². The second-order valence-corrected chi connectivity index (χ2v) is 6.57. The van der Waals surface area contributed by atoms with Crippen molar-refractivity contribution >= 4 is 29.9 Å². The molecule has 0 aromatic carbocycles. The standard InChI is InChI=1S/C19H37N5O3.HI/c1-5-7-12-25-14-15-26-13-11-22-19(20-6-2)21-10-8-9-17-23-18(16(3)4)24-27-17;/h16H,5-15H2,1-4H3,(H2,20,21,22);1H. The predicted octanol–water partition coefficient (Wildman–Crippen LogP) is 3.13. The number of aliphatic imine (C=N–C) groups is 1. The van der Waals surface area contributed by atoms with Crippen molar-refractivity contribution in [3.05, 3.63) is 11.7 Å². The molecule has 0 amide bonds. The number of unbranched alkanes of at least 4 members (excludes halogenated alkanes) is 1.